The molecule has 0 bridgehead atoms. The summed E-state index contributed by atoms with van der Waals surface area (Å²) in [6, 6.07) is 2.07. The molecule has 0 aliphatic heterocycles. The Kier molecular flexibility index (Phi) is 5.37. The predicted octanol–water partition coefficient (Wildman–Crippen LogP) is 4.26. The zero-order chi connectivity index (χ0) is 11.3. The molecular weight excluding hydrogens is 297 g/mol. The normalized spacial score (nSPS) is 11.7. The van der Waals surface area contributed by atoms with Gasteiger partial charge in [0.2, 0.25) is 0 Å². The summed E-state index contributed by atoms with van der Waals surface area (Å²) in [5.41, 5.74) is 1.17. The molecule has 0 amide bonds. The topological polar surface area (TPSA) is 12.9 Å². The largest absolute Gasteiger partial charge is 0.263 e. The fraction of sp³-hybridized carbons (Fsp3) is 0.545. The molecule has 1 heterocycles. The van der Waals surface area contributed by atoms with Crippen molar-refractivity contribution in [2.45, 2.75) is 19.8 Å². The molecule has 1 nitrogen and oxygen atoms in total. The molecule has 0 saturated heterocycles. The van der Waals surface area contributed by atoms with Gasteiger partial charge in [0, 0.05) is 34.0 Å². The van der Waals surface area contributed by atoms with Crippen LogP contribution in [0.1, 0.15) is 18.9 Å². The quantitative estimate of drug-likeness (QED) is 0.740. The van der Waals surface area contributed by atoms with E-state index in [4.69, 9.17) is 23.2 Å². The summed E-state index contributed by atoms with van der Waals surface area (Å²) in [6.07, 6.45) is 5.50. The molecule has 0 radical (unpaired) electrons. The number of halogens is 3. The van der Waals surface area contributed by atoms with E-state index in [0.717, 1.165) is 17.3 Å². The molecule has 1 aromatic heterocycles. The maximum atomic E-state index is 6.00. The summed E-state index contributed by atoms with van der Waals surface area (Å²) in [7, 11) is 0. The van der Waals surface area contributed by atoms with Crippen molar-refractivity contribution in [1.29, 1.82) is 0 Å². The predicted molar refractivity (Wildman–Crippen MR) is 69.8 cm³/mol. The number of alkyl halides is 2. The summed E-state index contributed by atoms with van der Waals surface area (Å²) >= 11 is 15.4. The minimum atomic E-state index is -0.00835. The SMILES string of the molecule is CCC(CCl)(CCl)Cc1cncc(Br)c1. The van der Waals surface area contributed by atoms with Crippen LogP contribution in [0.4, 0.5) is 0 Å². The molecule has 1 aromatic rings. The minimum Gasteiger partial charge on any atom is -0.263 e. The van der Waals surface area contributed by atoms with Crippen LogP contribution in [-0.4, -0.2) is 16.7 Å². The lowest BCUT2D eigenvalue weighted by molar-refractivity contribution is 0.361. The van der Waals surface area contributed by atoms with Gasteiger partial charge in [-0.3, -0.25) is 4.98 Å². The highest BCUT2D eigenvalue weighted by Gasteiger charge is 2.26. The molecule has 0 spiro atoms. The van der Waals surface area contributed by atoms with Crippen LogP contribution in [0.15, 0.2) is 22.9 Å². The van der Waals surface area contributed by atoms with Crippen LogP contribution in [0.5, 0.6) is 0 Å². The van der Waals surface area contributed by atoms with Crippen LogP contribution in [0.3, 0.4) is 0 Å². The number of aromatic nitrogens is 1. The Balaban J connectivity index is 2.82. The highest BCUT2D eigenvalue weighted by Crippen LogP contribution is 2.30. The Morgan fingerprint density at radius 3 is 2.47 bits per heavy atom. The van der Waals surface area contributed by atoms with E-state index in [1.807, 2.05) is 6.20 Å². The van der Waals surface area contributed by atoms with Crippen molar-refractivity contribution < 1.29 is 0 Å². The van der Waals surface area contributed by atoms with Gasteiger partial charge in [0.05, 0.1) is 0 Å². The highest BCUT2D eigenvalue weighted by molar-refractivity contribution is 9.10. The zero-order valence-corrected chi connectivity index (χ0v) is 11.7. The molecule has 15 heavy (non-hydrogen) atoms. The Morgan fingerprint density at radius 2 is 2.00 bits per heavy atom. The lowest BCUT2D eigenvalue weighted by atomic mass is 9.83. The van der Waals surface area contributed by atoms with Gasteiger partial charge in [-0.15, -0.1) is 23.2 Å². The first kappa shape index (κ1) is 13.3. The van der Waals surface area contributed by atoms with Gasteiger partial charge in [-0.2, -0.15) is 0 Å². The van der Waals surface area contributed by atoms with Crippen molar-refractivity contribution in [3.8, 4) is 0 Å². The van der Waals surface area contributed by atoms with Gasteiger partial charge in [-0.05, 0) is 40.4 Å². The van der Waals surface area contributed by atoms with Gasteiger partial charge < -0.3 is 0 Å². The number of pyridine rings is 1. The Bertz CT molecular complexity index is 305. The highest BCUT2D eigenvalue weighted by atomic mass is 79.9. The van der Waals surface area contributed by atoms with Crippen molar-refractivity contribution in [3.05, 3.63) is 28.5 Å². The van der Waals surface area contributed by atoms with E-state index in [1.165, 1.54) is 5.56 Å². The van der Waals surface area contributed by atoms with Crippen molar-refractivity contribution in [2.24, 2.45) is 5.41 Å². The van der Waals surface area contributed by atoms with Crippen LogP contribution in [-0.2, 0) is 6.42 Å². The van der Waals surface area contributed by atoms with Crippen molar-refractivity contribution >= 4 is 39.1 Å². The van der Waals surface area contributed by atoms with Gasteiger partial charge in [-0.25, -0.2) is 0 Å². The monoisotopic (exact) mass is 309 g/mol. The van der Waals surface area contributed by atoms with E-state index in [9.17, 15) is 0 Å². The number of rotatable bonds is 5. The minimum absolute atomic E-state index is 0.00835. The third-order valence-corrected chi connectivity index (χ3v) is 4.23. The molecule has 0 unspecified atom stereocenters. The number of nitrogens with zero attached hydrogens (tertiary/aromatic N) is 1. The van der Waals surface area contributed by atoms with Gasteiger partial charge >= 0.3 is 0 Å². The Morgan fingerprint density at radius 1 is 1.33 bits per heavy atom. The average molecular weight is 311 g/mol. The molecule has 84 valence electrons. The Labute approximate surface area is 109 Å². The molecule has 4 heteroatoms. The van der Waals surface area contributed by atoms with Crippen molar-refractivity contribution in [2.75, 3.05) is 11.8 Å². The van der Waals surface area contributed by atoms with Crippen LogP contribution in [0, 0.1) is 5.41 Å². The zero-order valence-electron chi connectivity index (χ0n) is 8.64. The second-order valence-electron chi connectivity index (χ2n) is 3.81. The second kappa shape index (κ2) is 6.07. The van der Waals surface area contributed by atoms with E-state index in [1.54, 1.807) is 6.20 Å². The maximum absolute atomic E-state index is 6.00. The van der Waals surface area contributed by atoms with Gasteiger partial charge in [0.25, 0.3) is 0 Å². The van der Waals surface area contributed by atoms with Gasteiger partial charge in [0.1, 0.15) is 0 Å². The fourth-order valence-electron chi connectivity index (χ4n) is 1.43. The molecule has 0 fully saturated rings. The van der Waals surface area contributed by atoms with E-state index in [-0.39, 0.29) is 5.41 Å². The van der Waals surface area contributed by atoms with Gasteiger partial charge in [0.15, 0.2) is 0 Å². The fourth-order valence-corrected chi connectivity index (χ4v) is 2.69. The molecule has 0 atom stereocenters. The summed E-state index contributed by atoms with van der Waals surface area (Å²) in [5, 5.41) is 0. The molecular formula is C11H14BrCl2N. The van der Waals surface area contributed by atoms with E-state index in [2.05, 4.69) is 33.9 Å². The second-order valence-corrected chi connectivity index (χ2v) is 5.26. The van der Waals surface area contributed by atoms with E-state index < -0.39 is 0 Å². The molecule has 0 N–H and O–H groups in total. The van der Waals surface area contributed by atoms with Gasteiger partial charge in [-0.1, -0.05) is 6.92 Å². The van der Waals surface area contributed by atoms with Crippen molar-refractivity contribution in [1.82, 2.24) is 4.98 Å². The van der Waals surface area contributed by atoms with E-state index in [0.29, 0.717) is 11.8 Å². The van der Waals surface area contributed by atoms with Crippen LogP contribution in [0.2, 0.25) is 0 Å². The summed E-state index contributed by atoms with van der Waals surface area (Å²) in [4.78, 5) is 4.14. The third kappa shape index (κ3) is 3.61. The number of hydrogen-bond acceptors (Lipinski definition) is 1. The maximum Gasteiger partial charge on any atom is 0.0410 e. The molecule has 0 saturated carbocycles. The van der Waals surface area contributed by atoms with E-state index >= 15 is 0 Å². The lowest BCUT2D eigenvalue weighted by Gasteiger charge is -2.28. The average Bonchev–Trinajstić information content (AvgIpc) is 2.26. The van der Waals surface area contributed by atoms with Crippen LogP contribution in [0.25, 0.3) is 0 Å². The molecule has 0 aromatic carbocycles. The summed E-state index contributed by atoms with van der Waals surface area (Å²) in [5.74, 6) is 1.17. The lowest BCUT2D eigenvalue weighted by Crippen LogP contribution is -2.27. The molecule has 0 aliphatic carbocycles. The van der Waals surface area contributed by atoms with Crippen LogP contribution >= 0.6 is 39.1 Å². The number of hydrogen-bond donors (Lipinski definition) is 0. The van der Waals surface area contributed by atoms with Crippen molar-refractivity contribution in [3.63, 3.8) is 0 Å². The Hall–Kier alpha value is 0.210. The first-order chi connectivity index (χ1) is 7.15. The first-order valence-corrected chi connectivity index (χ1v) is 6.73. The van der Waals surface area contributed by atoms with Crippen LogP contribution < -0.4 is 0 Å². The molecule has 1 rings (SSSR count). The first-order valence-electron chi connectivity index (χ1n) is 4.87. The third-order valence-electron chi connectivity index (χ3n) is 2.66. The summed E-state index contributed by atoms with van der Waals surface area (Å²) in [6.45, 7) is 2.12. The smallest absolute Gasteiger partial charge is 0.0410 e. The summed E-state index contributed by atoms with van der Waals surface area (Å²) < 4.78 is 0.995. The standard InChI is InChI=1S/C11H14BrCl2N/c1-2-11(7-13,8-14)4-9-3-10(12)6-15-5-9/h3,5-6H,2,4,7-8H2,1H3. The molecule has 0 aliphatic rings.